The third-order valence-electron chi connectivity index (χ3n) is 1.58. The maximum atomic E-state index is 12.7. The predicted octanol–water partition coefficient (Wildman–Crippen LogP) is 2.05. The van der Waals surface area contributed by atoms with Crippen molar-refractivity contribution in [3.05, 3.63) is 34.6 Å². The lowest BCUT2D eigenvalue weighted by atomic mass is 10.2. The van der Waals surface area contributed by atoms with Gasteiger partial charge in [-0.05, 0) is 17.7 Å². The number of hydrazine groups is 1. The second kappa shape index (κ2) is 4.56. The Morgan fingerprint density at radius 3 is 2.69 bits per heavy atom. The molecule has 0 aliphatic heterocycles. The van der Waals surface area contributed by atoms with Crippen molar-refractivity contribution in [2.75, 3.05) is 14.1 Å². The van der Waals surface area contributed by atoms with Crippen molar-refractivity contribution in [1.82, 2.24) is 10.4 Å². The maximum Gasteiger partial charge on any atom is 0.141 e. The van der Waals surface area contributed by atoms with E-state index in [2.05, 4.69) is 5.43 Å². The van der Waals surface area contributed by atoms with Crippen molar-refractivity contribution >= 4 is 11.6 Å². The van der Waals surface area contributed by atoms with Crippen LogP contribution in [0.2, 0.25) is 5.02 Å². The van der Waals surface area contributed by atoms with E-state index in [4.69, 9.17) is 11.6 Å². The molecule has 0 saturated carbocycles. The molecule has 1 aromatic rings. The second-order valence-corrected chi connectivity index (χ2v) is 3.38. The quantitative estimate of drug-likeness (QED) is 0.755. The average Bonchev–Trinajstić information content (AvgIpc) is 2.07. The van der Waals surface area contributed by atoms with E-state index in [0.717, 1.165) is 5.56 Å². The molecule has 0 fully saturated rings. The summed E-state index contributed by atoms with van der Waals surface area (Å²) < 4.78 is 12.7. The minimum Gasteiger partial charge on any atom is -0.251 e. The van der Waals surface area contributed by atoms with Gasteiger partial charge in [0.2, 0.25) is 0 Å². The van der Waals surface area contributed by atoms with Crippen LogP contribution in [-0.4, -0.2) is 19.1 Å². The molecule has 0 aliphatic rings. The molecule has 0 aromatic heterocycles. The van der Waals surface area contributed by atoms with Gasteiger partial charge in [-0.15, -0.1) is 0 Å². The minimum absolute atomic E-state index is 0.165. The molecule has 0 spiro atoms. The molecule has 13 heavy (non-hydrogen) atoms. The van der Waals surface area contributed by atoms with Gasteiger partial charge in [-0.3, -0.25) is 10.4 Å². The molecular weight excluding hydrogens is 191 g/mol. The molecule has 0 atom stereocenters. The highest BCUT2D eigenvalue weighted by Crippen LogP contribution is 2.15. The Kier molecular flexibility index (Phi) is 3.66. The fourth-order valence-electron chi connectivity index (χ4n) is 0.899. The van der Waals surface area contributed by atoms with Crippen molar-refractivity contribution in [3.63, 3.8) is 0 Å². The topological polar surface area (TPSA) is 15.3 Å². The first-order chi connectivity index (χ1) is 6.09. The normalized spacial score (nSPS) is 10.8. The zero-order chi connectivity index (χ0) is 9.84. The van der Waals surface area contributed by atoms with Crippen LogP contribution in [0, 0.1) is 5.82 Å². The molecule has 72 valence electrons. The lowest BCUT2D eigenvalue weighted by Gasteiger charge is -2.11. The second-order valence-electron chi connectivity index (χ2n) is 2.98. The molecule has 0 bridgehead atoms. The number of nitrogens with zero attached hydrogens (tertiary/aromatic N) is 1. The molecule has 1 rings (SSSR count). The van der Waals surface area contributed by atoms with Crippen LogP contribution in [-0.2, 0) is 6.54 Å². The zero-order valence-corrected chi connectivity index (χ0v) is 8.40. The molecule has 0 radical (unpaired) electrons. The summed E-state index contributed by atoms with van der Waals surface area (Å²) in [7, 11) is 3.79. The first-order valence-electron chi connectivity index (χ1n) is 3.94. The highest BCUT2D eigenvalue weighted by molar-refractivity contribution is 6.30. The van der Waals surface area contributed by atoms with E-state index in [-0.39, 0.29) is 10.8 Å². The summed E-state index contributed by atoms with van der Waals surface area (Å²) in [4.78, 5) is 0. The van der Waals surface area contributed by atoms with Crippen molar-refractivity contribution < 1.29 is 4.39 Å². The van der Waals surface area contributed by atoms with E-state index >= 15 is 0 Å². The molecule has 1 aromatic carbocycles. The van der Waals surface area contributed by atoms with Crippen molar-refractivity contribution in [2.24, 2.45) is 0 Å². The van der Waals surface area contributed by atoms with E-state index in [1.54, 1.807) is 12.1 Å². The Morgan fingerprint density at radius 1 is 1.46 bits per heavy atom. The van der Waals surface area contributed by atoms with E-state index in [0.29, 0.717) is 6.54 Å². The molecule has 2 nitrogen and oxygen atoms in total. The highest BCUT2D eigenvalue weighted by Gasteiger charge is 2.00. The first-order valence-corrected chi connectivity index (χ1v) is 4.32. The van der Waals surface area contributed by atoms with Gasteiger partial charge in [0, 0.05) is 20.6 Å². The average molecular weight is 203 g/mol. The number of nitrogens with one attached hydrogen (secondary N) is 1. The summed E-state index contributed by atoms with van der Waals surface area (Å²) in [6.07, 6.45) is 0. The van der Waals surface area contributed by atoms with Gasteiger partial charge in [-0.25, -0.2) is 4.39 Å². The Labute approximate surface area is 82.3 Å². The molecule has 1 N–H and O–H groups in total. The van der Waals surface area contributed by atoms with Crippen LogP contribution >= 0.6 is 11.6 Å². The summed E-state index contributed by atoms with van der Waals surface area (Å²) in [6, 6.07) is 4.69. The largest absolute Gasteiger partial charge is 0.251 e. The predicted molar refractivity (Wildman–Crippen MR) is 51.9 cm³/mol. The van der Waals surface area contributed by atoms with Gasteiger partial charge in [0.1, 0.15) is 5.82 Å². The van der Waals surface area contributed by atoms with Crippen LogP contribution in [0.4, 0.5) is 4.39 Å². The molecular formula is C9H12ClFN2. The van der Waals surface area contributed by atoms with Crippen LogP contribution in [0.5, 0.6) is 0 Å². The van der Waals surface area contributed by atoms with E-state index in [1.807, 2.05) is 19.1 Å². The minimum atomic E-state index is -0.379. The van der Waals surface area contributed by atoms with Crippen LogP contribution in [0.3, 0.4) is 0 Å². The van der Waals surface area contributed by atoms with Gasteiger partial charge in [0.25, 0.3) is 0 Å². The summed E-state index contributed by atoms with van der Waals surface area (Å²) in [6.45, 7) is 0.646. The summed E-state index contributed by atoms with van der Waals surface area (Å²) in [5, 5.41) is 2.00. The van der Waals surface area contributed by atoms with Gasteiger partial charge >= 0.3 is 0 Å². The van der Waals surface area contributed by atoms with E-state index < -0.39 is 0 Å². The summed E-state index contributed by atoms with van der Waals surface area (Å²) >= 11 is 5.61. The number of hydrogen-bond donors (Lipinski definition) is 1. The Balaban J connectivity index is 2.63. The van der Waals surface area contributed by atoms with Crippen LogP contribution < -0.4 is 5.43 Å². The van der Waals surface area contributed by atoms with Gasteiger partial charge in [-0.2, -0.15) is 0 Å². The summed E-state index contributed by atoms with van der Waals surface area (Å²) in [5.74, 6) is -0.379. The van der Waals surface area contributed by atoms with Crippen molar-refractivity contribution in [2.45, 2.75) is 6.54 Å². The van der Waals surface area contributed by atoms with E-state index in [9.17, 15) is 4.39 Å². The van der Waals surface area contributed by atoms with Crippen molar-refractivity contribution in [1.29, 1.82) is 0 Å². The first kappa shape index (κ1) is 10.4. The maximum absolute atomic E-state index is 12.7. The number of halogens is 2. The fraction of sp³-hybridized carbons (Fsp3) is 0.333. The third-order valence-corrected chi connectivity index (χ3v) is 1.87. The monoisotopic (exact) mass is 202 g/mol. The standard InChI is InChI=1S/C9H12ClFN2/c1-13(2)12-6-7-3-4-9(11)8(10)5-7/h3-5,12H,6H2,1-2H3. The number of benzene rings is 1. The lowest BCUT2D eigenvalue weighted by Crippen LogP contribution is -2.29. The molecule has 4 heteroatoms. The zero-order valence-electron chi connectivity index (χ0n) is 7.64. The summed E-state index contributed by atoms with van der Waals surface area (Å²) in [5.41, 5.74) is 4.02. The van der Waals surface area contributed by atoms with Gasteiger partial charge < -0.3 is 0 Å². The SMILES string of the molecule is CN(C)NCc1ccc(F)c(Cl)c1. The Hall–Kier alpha value is -0.640. The molecule has 0 unspecified atom stereocenters. The molecule has 0 saturated heterocycles. The lowest BCUT2D eigenvalue weighted by molar-refractivity contribution is 0.286. The smallest absolute Gasteiger partial charge is 0.141 e. The van der Waals surface area contributed by atoms with Crippen LogP contribution in [0.15, 0.2) is 18.2 Å². The van der Waals surface area contributed by atoms with E-state index in [1.165, 1.54) is 6.07 Å². The number of hydrogen-bond acceptors (Lipinski definition) is 2. The van der Waals surface area contributed by atoms with Crippen molar-refractivity contribution in [3.8, 4) is 0 Å². The fourth-order valence-corrected chi connectivity index (χ4v) is 1.10. The highest BCUT2D eigenvalue weighted by atomic mass is 35.5. The molecule has 0 amide bonds. The Bertz CT molecular complexity index is 289. The Morgan fingerprint density at radius 2 is 2.15 bits per heavy atom. The van der Waals surface area contributed by atoms with Crippen LogP contribution in [0.25, 0.3) is 0 Å². The van der Waals surface area contributed by atoms with Gasteiger partial charge in [0.05, 0.1) is 5.02 Å². The van der Waals surface area contributed by atoms with Gasteiger partial charge in [-0.1, -0.05) is 17.7 Å². The third kappa shape index (κ3) is 3.30. The van der Waals surface area contributed by atoms with Gasteiger partial charge in [0.15, 0.2) is 0 Å². The number of rotatable bonds is 3. The van der Waals surface area contributed by atoms with Crippen LogP contribution in [0.1, 0.15) is 5.56 Å². The molecule has 0 heterocycles. The molecule has 0 aliphatic carbocycles.